The summed E-state index contributed by atoms with van der Waals surface area (Å²) in [7, 11) is 0. The van der Waals surface area contributed by atoms with Crippen molar-refractivity contribution in [1.29, 1.82) is 0 Å². The Morgan fingerprint density at radius 2 is 2.15 bits per heavy atom. The number of hydrogen-bond donors (Lipinski definition) is 3. The van der Waals surface area contributed by atoms with Gasteiger partial charge in [-0.3, -0.25) is 19.9 Å². The molecule has 0 aliphatic carbocycles. The highest BCUT2D eigenvalue weighted by atomic mass is 16.2. The largest absolute Gasteiger partial charge is 0.353 e. The van der Waals surface area contributed by atoms with Gasteiger partial charge in [-0.15, -0.1) is 0 Å². The molecule has 1 saturated heterocycles. The van der Waals surface area contributed by atoms with E-state index in [9.17, 15) is 9.59 Å². The lowest BCUT2D eigenvalue weighted by Crippen LogP contribution is -2.61. The molecule has 1 aliphatic heterocycles. The monoisotopic (exact) mass is 276 g/mol. The van der Waals surface area contributed by atoms with E-state index in [0.29, 0.717) is 18.7 Å². The van der Waals surface area contributed by atoms with Crippen LogP contribution < -0.4 is 16.6 Å². The van der Waals surface area contributed by atoms with Crippen LogP contribution in [0.4, 0.5) is 0 Å². The van der Waals surface area contributed by atoms with E-state index in [-0.39, 0.29) is 11.8 Å². The highest BCUT2D eigenvalue weighted by molar-refractivity contribution is 5.95. The highest BCUT2D eigenvalue weighted by Gasteiger charge is 2.37. The van der Waals surface area contributed by atoms with Gasteiger partial charge in [-0.05, 0) is 25.5 Å². The van der Waals surface area contributed by atoms with E-state index in [1.54, 1.807) is 12.1 Å². The maximum absolute atomic E-state index is 11.9. The maximum atomic E-state index is 11.9. The Balaban J connectivity index is 2.26. The zero-order chi connectivity index (χ0) is 14.8. The summed E-state index contributed by atoms with van der Waals surface area (Å²) in [5.74, 6) is 4.89. The Kier molecular flexibility index (Phi) is 4.06. The number of nitrogen functional groups attached to an aromatic ring is 1. The molecule has 0 saturated carbocycles. The first kappa shape index (κ1) is 14.5. The summed E-state index contributed by atoms with van der Waals surface area (Å²) in [6.07, 6.45) is 0. The van der Waals surface area contributed by atoms with Crippen LogP contribution in [-0.2, 0) is 11.3 Å². The van der Waals surface area contributed by atoms with Crippen molar-refractivity contribution in [2.24, 2.45) is 5.84 Å². The number of piperazine rings is 1. The molecule has 0 spiro atoms. The molecule has 6 nitrogen and oxygen atoms in total. The van der Waals surface area contributed by atoms with Crippen LogP contribution in [0.5, 0.6) is 0 Å². The third kappa shape index (κ3) is 2.66. The lowest BCUT2D eigenvalue weighted by Gasteiger charge is -2.41. The number of nitrogens with one attached hydrogen (secondary N) is 2. The van der Waals surface area contributed by atoms with E-state index >= 15 is 0 Å². The molecule has 0 atom stereocenters. The minimum absolute atomic E-state index is 0.00417. The lowest BCUT2D eigenvalue weighted by molar-refractivity contribution is -0.135. The van der Waals surface area contributed by atoms with Crippen LogP contribution in [0.1, 0.15) is 29.8 Å². The van der Waals surface area contributed by atoms with Crippen LogP contribution in [0.25, 0.3) is 0 Å². The second-order valence-electron chi connectivity index (χ2n) is 5.37. The van der Waals surface area contributed by atoms with Gasteiger partial charge in [0.25, 0.3) is 5.91 Å². The van der Waals surface area contributed by atoms with Crippen LogP contribution in [0.2, 0.25) is 0 Å². The lowest BCUT2D eigenvalue weighted by atomic mass is 9.97. The molecular formula is C14H20N4O2. The zero-order valence-corrected chi connectivity index (χ0v) is 11.8. The van der Waals surface area contributed by atoms with Gasteiger partial charge in [0, 0.05) is 25.2 Å². The van der Waals surface area contributed by atoms with Crippen molar-refractivity contribution in [3.05, 3.63) is 35.4 Å². The van der Waals surface area contributed by atoms with Crippen molar-refractivity contribution < 1.29 is 9.59 Å². The van der Waals surface area contributed by atoms with Gasteiger partial charge in [0.2, 0.25) is 5.91 Å². The number of nitrogens with two attached hydrogens (primary N) is 1. The molecule has 1 aliphatic rings. The summed E-state index contributed by atoms with van der Waals surface area (Å²) in [6.45, 7) is 5.66. The fourth-order valence-electron chi connectivity index (χ4n) is 2.38. The summed E-state index contributed by atoms with van der Waals surface area (Å²) in [5, 5.41) is 2.86. The number of hydrogen-bond acceptors (Lipinski definition) is 4. The predicted octanol–water partition coefficient (Wildman–Crippen LogP) is 0.000500. The molecule has 1 heterocycles. The first-order chi connectivity index (χ1) is 9.46. The Hall–Kier alpha value is -1.92. The SMILES string of the molecule is CC1(C)C(=O)NCCN1Cc1ccccc1C(=O)NN. The van der Waals surface area contributed by atoms with Crippen molar-refractivity contribution in [3.8, 4) is 0 Å². The smallest absolute Gasteiger partial charge is 0.265 e. The van der Waals surface area contributed by atoms with E-state index in [4.69, 9.17) is 5.84 Å². The summed E-state index contributed by atoms with van der Waals surface area (Å²) >= 11 is 0. The first-order valence-electron chi connectivity index (χ1n) is 6.59. The number of amides is 2. The predicted molar refractivity (Wildman–Crippen MR) is 75.6 cm³/mol. The van der Waals surface area contributed by atoms with E-state index in [1.807, 2.05) is 26.0 Å². The molecule has 1 aromatic rings. The van der Waals surface area contributed by atoms with Crippen LogP contribution >= 0.6 is 0 Å². The molecule has 2 rings (SSSR count). The Morgan fingerprint density at radius 3 is 2.85 bits per heavy atom. The minimum atomic E-state index is -0.593. The zero-order valence-electron chi connectivity index (χ0n) is 11.8. The molecule has 108 valence electrons. The number of nitrogens with zero attached hydrogens (tertiary/aromatic N) is 1. The van der Waals surface area contributed by atoms with Gasteiger partial charge in [-0.25, -0.2) is 5.84 Å². The van der Waals surface area contributed by atoms with Crippen molar-refractivity contribution in [2.45, 2.75) is 25.9 Å². The molecule has 1 aromatic carbocycles. The second-order valence-corrected chi connectivity index (χ2v) is 5.37. The number of benzene rings is 1. The Morgan fingerprint density at radius 1 is 1.45 bits per heavy atom. The van der Waals surface area contributed by atoms with Crippen LogP contribution in [0.15, 0.2) is 24.3 Å². The summed E-state index contributed by atoms with van der Waals surface area (Å²) in [4.78, 5) is 25.8. The molecule has 1 fully saturated rings. The second kappa shape index (κ2) is 5.60. The minimum Gasteiger partial charge on any atom is -0.353 e. The van der Waals surface area contributed by atoms with Crippen LogP contribution in [0.3, 0.4) is 0 Å². The van der Waals surface area contributed by atoms with Crippen molar-refractivity contribution >= 4 is 11.8 Å². The molecule has 0 radical (unpaired) electrons. The molecule has 0 bridgehead atoms. The molecule has 2 amide bonds. The van der Waals surface area contributed by atoms with Gasteiger partial charge in [-0.1, -0.05) is 18.2 Å². The van der Waals surface area contributed by atoms with Crippen LogP contribution in [0, 0.1) is 0 Å². The van der Waals surface area contributed by atoms with Gasteiger partial charge >= 0.3 is 0 Å². The normalized spacial score (nSPS) is 18.4. The molecule has 20 heavy (non-hydrogen) atoms. The van der Waals surface area contributed by atoms with Crippen molar-refractivity contribution in [3.63, 3.8) is 0 Å². The number of carbonyl (C=O) groups is 2. The number of rotatable bonds is 3. The van der Waals surface area contributed by atoms with E-state index in [0.717, 1.165) is 12.1 Å². The first-order valence-corrected chi connectivity index (χ1v) is 6.59. The van der Waals surface area contributed by atoms with Crippen molar-refractivity contribution in [2.75, 3.05) is 13.1 Å². The Bertz CT molecular complexity index is 528. The average Bonchev–Trinajstić information content (AvgIpc) is 2.44. The van der Waals surface area contributed by atoms with Gasteiger partial charge in [0.15, 0.2) is 0 Å². The molecule has 0 aromatic heterocycles. The third-order valence-electron chi connectivity index (χ3n) is 3.77. The maximum Gasteiger partial charge on any atom is 0.265 e. The molecular weight excluding hydrogens is 256 g/mol. The number of hydrazine groups is 1. The van der Waals surface area contributed by atoms with Gasteiger partial charge in [-0.2, -0.15) is 0 Å². The summed E-state index contributed by atoms with van der Waals surface area (Å²) < 4.78 is 0. The number of carbonyl (C=O) groups excluding carboxylic acids is 2. The molecule has 0 unspecified atom stereocenters. The molecule has 6 heteroatoms. The van der Waals surface area contributed by atoms with Gasteiger partial charge in [0.1, 0.15) is 0 Å². The van der Waals surface area contributed by atoms with Crippen LogP contribution in [-0.4, -0.2) is 35.3 Å². The average molecular weight is 276 g/mol. The highest BCUT2D eigenvalue weighted by Crippen LogP contribution is 2.22. The summed E-state index contributed by atoms with van der Waals surface area (Å²) in [6, 6.07) is 7.28. The quantitative estimate of drug-likeness (QED) is 0.412. The third-order valence-corrected chi connectivity index (χ3v) is 3.77. The van der Waals surface area contributed by atoms with E-state index in [1.165, 1.54) is 0 Å². The topological polar surface area (TPSA) is 87.5 Å². The molecule has 4 N–H and O–H groups in total. The van der Waals surface area contributed by atoms with E-state index < -0.39 is 5.54 Å². The van der Waals surface area contributed by atoms with E-state index in [2.05, 4.69) is 15.6 Å². The summed E-state index contributed by atoms with van der Waals surface area (Å²) in [5.41, 5.74) is 2.96. The fourth-order valence-corrected chi connectivity index (χ4v) is 2.38. The van der Waals surface area contributed by atoms with Gasteiger partial charge < -0.3 is 5.32 Å². The van der Waals surface area contributed by atoms with Crippen molar-refractivity contribution in [1.82, 2.24) is 15.6 Å². The fraction of sp³-hybridized carbons (Fsp3) is 0.429. The standard InChI is InChI=1S/C14H20N4O2/c1-14(2)13(20)16-7-8-18(14)9-10-5-3-4-6-11(10)12(19)17-15/h3-6H,7-9,15H2,1-2H3,(H,16,20)(H,17,19). The van der Waals surface area contributed by atoms with Gasteiger partial charge in [0.05, 0.1) is 5.54 Å². The Labute approximate surface area is 118 Å².